The summed E-state index contributed by atoms with van der Waals surface area (Å²) in [7, 11) is 1.78. The van der Waals surface area contributed by atoms with Crippen molar-refractivity contribution < 1.29 is 9.84 Å². The number of halogens is 1. The van der Waals surface area contributed by atoms with Gasteiger partial charge in [-0.15, -0.1) is 0 Å². The average molecular weight is 331 g/mol. The highest BCUT2D eigenvalue weighted by Gasteiger charge is 2.34. The molecule has 0 aromatic carbocycles. The molecule has 1 aromatic heterocycles. The molecule has 2 rings (SSSR count). The van der Waals surface area contributed by atoms with E-state index < -0.39 is 0 Å². The van der Waals surface area contributed by atoms with E-state index in [1.807, 2.05) is 13.8 Å². The molecule has 6 nitrogen and oxygen atoms in total. The number of nitrogens with one attached hydrogen (secondary N) is 1. The van der Waals surface area contributed by atoms with Crippen LogP contribution in [0.4, 0.5) is 11.8 Å². The second kappa shape index (κ2) is 5.60. The van der Waals surface area contributed by atoms with E-state index in [1.165, 1.54) is 0 Å². The molecule has 0 amide bonds. The van der Waals surface area contributed by atoms with Gasteiger partial charge in [-0.05, 0) is 29.8 Å². The summed E-state index contributed by atoms with van der Waals surface area (Å²) in [6.07, 6.45) is 1.52. The second-order valence-corrected chi connectivity index (χ2v) is 6.03. The van der Waals surface area contributed by atoms with Crippen LogP contribution in [-0.4, -0.2) is 53.5 Å². The Hall–Kier alpha value is -0.920. The van der Waals surface area contributed by atoms with Gasteiger partial charge in [-0.3, -0.25) is 0 Å². The van der Waals surface area contributed by atoms with Crippen molar-refractivity contribution in [2.24, 2.45) is 0 Å². The van der Waals surface area contributed by atoms with Gasteiger partial charge < -0.3 is 20.1 Å². The van der Waals surface area contributed by atoms with Crippen molar-refractivity contribution in [1.82, 2.24) is 9.97 Å². The molecule has 1 fully saturated rings. The Morgan fingerprint density at radius 3 is 3.00 bits per heavy atom. The molecule has 7 heteroatoms. The van der Waals surface area contributed by atoms with E-state index in [2.05, 4.69) is 36.1 Å². The van der Waals surface area contributed by atoms with Gasteiger partial charge in [0, 0.05) is 26.3 Å². The first kappa shape index (κ1) is 14.5. The largest absolute Gasteiger partial charge is 0.394 e. The smallest absolute Gasteiger partial charge is 0.224 e. The number of nitrogens with zero attached hydrogens (tertiary/aromatic N) is 3. The lowest BCUT2D eigenvalue weighted by molar-refractivity contribution is -0.101. The summed E-state index contributed by atoms with van der Waals surface area (Å²) >= 11 is 3.48. The highest BCUT2D eigenvalue weighted by atomic mass is 79.9. The van der Waals surface area contributed by atoms with E-state index in [0.717, 1.165) is 10.3 Å². The van der Waals surface area contributed by atoms with Crippen LogP contribution in [0, 0.1) is 0 Å². The van der Waals surface area contributed by atoms with Crippen molar-refractivity contribution in [3.63, 3.8) is 0 Å². The predicted octanol–water partition coefficient (Wildman–Crippen LogP) is 1.26. The molecule has 2 N–H and O–H groups in total. The van der Waals surface area contributed by atoms with Gasteiger partial charge in [0.1, 0.15) is 5.82 Å². The van der Waals surface area contributed by atoms with Gasteiger partial charge in [0.15, 0.2) is 0 Å². The molecule has 0 saturated carbocycles. The van der Waals surface area contributed by atoms with Crippen molar-refractivity contribution in [3.8, 4) is 0 Å². The Morgan fingerprint density at radius 1 is 1.63 bits per heavy atom. The van der Waals surface area contributed by atoms with Crippen LogP contribution in [-0.2, 0) is 4.74 Å². The van der Waals surface area contributed by atoms with Gasteiger partial charge >= 0.3 is 0 Å². The van der Waals surface area contributed by atoms with E-state index in [1.54, 1.807) is 13.2 Å². The van der Waals surface area contributed by atoms with Gasteiger partial charge in [0.25, 0.3) is 0 Å². The fourth-order valence-electron chi connectivity index (χ4n) is 2.25. The molecule has 1 aromatic rings. The summed E-state index contributed by atoms with van der Waals surface area (Å²) < 4.78 is 6.64. The Kier molecular flexibility index (Phi) is 4.27. The first-order valence-electron chi connectivity index (χ1n) is 6.19. The minimum absolute atomic E-state index is 0.00151. The van der Waals surface area contributed by atoms with E-state index in [9.17, 15) is 5.11 Å². The number of rotatable bonds is 3. The Morgan fingerprint density at radius 2 is 2.37 bits per heavy atom. The summed E-state index contributed by atoms with van der Waals surface area (Å²) in [4.78, 5) is 10.7. The van der Waals surface area contributed by atoms with Crippen LogP contribution in [0.5, 0.6) is 0 Å². The zero-order valence-electron chi connectivity index (χ0n) is 11.4. The van der Waals surface area contributed by atoms with Crippen LogP contribution in [0.25, 0.3) is 0 Å². The van der Waals surface area contributed by atoms with E-state index in [4.69, 9.17) is 4.74 Å². The summed E-state index contributed by atoms with van der Waals surface area (Å²) in [5, 5.41) is 12.3. The molecule has 0 radical (unpaired) electrons. The third kappa shape index (κ3) is 3.34. The zero-order valence-corrected chi connectivity index (χ0v) is 12.9. The Labute approximate surface area is 121 Å². The molecule has 1 saturated heterocycles. The molecule has 106 valence electrons. The van der Waals surface area contributed by atoms with Crippen molar-refractivity contribution >= 4 is 27.7 Å². The number of hydrogen-bond acceptors (Lipinski definition) is 6. The SMILES string of the molecule is CNc1ncc(Br)c(N2CC(CO)OC(C)(C)C2)n1. The molecular weight excluding hydrogens is 312 g/mol. The van der Waals surface area contributed by atoms with Crippen molar-refractivity contribution in [1.29, 1.82) is 0 Å². The molecule has 19 heavy (non-hydrogen) atoms. The number of aromatic nitrogens is 2. The maximum Gasteiger partial charge on any atom is 0.224 e. The number of anilines is 2. The van der Waals surface area contributed by atoms with Gasteiger partial charge in [-0.1, -0.05) is 0 Å². The quantitative estimate of drug-likeness (QED) is 0.869. The second-order valence-electron chi connectivity index (χ2n) is 5.18. The van der Waals surface area contributed by atoms with Crippen LogP contribution >= 0.6 is 15.9 Å². The monoisotopic (exact) mass is 330 g/mol. The highest BCUT2D eigenvalue weighted by molar-refractivity contribution is 9.10. The topological polar surface area (TPSA) is 70.5 Å². The molecular formula is C12H19BrN4O2. The van der Waals surface area contributed by atoms with Crippen molar-refractivity contribution in [2.75, 3.05) is 37.0 Å². The summed E-state index contributed by atoms with van der Waals surface area (Å²) in [6.45, 7) is 5.34. The molecule has 1 unspecified atom stereocenters. The van der Waals surface area contributed by atoms with Crippen molar-refractivity contribution in [3.05, 3.63) is 10.7 Å². The normalized spacial score (nSPS) is 22.4. The summed E-state index contributed by atoms with van der Waals surface area (Å²) in [5.41, 5.74) is -0.324. The predicted molar refractivity (Wildman–Crippen MR) is 77.5 cm³/mol. The van der Waals surface area contributed by atoms with Crippen LogP contribution in [0.3, 0.4) is 0 Å². The molecule has 1 atom stereocenters. The maximum atomic E-state index is 9.35. The van der Waals surface area contributed by atoms with Crippen LogP contribution in [0.2, 0.25) is 0 Å². The third-order valence-corrected chi connectivity index (χ3v) is 3.49. The number of aliphatic hydroxyl groups is 1. The van der Waals surface area contributed by atoms with E-state index in [-0.39, 0.29) is 18.3 Å². The van der Waals surface area contributed by atoms with Crippen LogP contribution in [0.15, 0.2) is 10.7 Å². The first-order chi connectivity index (χ1) is 8.95. The molecule has 1 aliphatic heterocycles. The standard InChI is InChI=1S/C12H19BrN4O2/c1-12(2)7-17(5-8(6-18)19-12)10-9(13)4-15-11(14-3)16-10/h4,8,18H,5-7H2,1-3H3,(H,14,15,16). The summed E-state index contributed by atoms with van der Waals surface area (Å²) in [5.74, 6) is 1.39. The van der Waals surface area contributed by atoms with Gasteiger partial charge in [0.2, 0.25) is 5.95 Å². The Balaban J connectivity index is 2.29. The maximum absolute atomic E-state index is 9.35. The molecule has 1 aliphatic rings. The minimum atomic E-state index is -0.324. The minimum Gasteiger partial charge on any atom is -0.394 e. The lowest BCUT2D eigenvalue weighted by Gasteiger charge is -2.43. The number of aliphatic hydroxyl groups excluding tert-OH is 1. The van der Waals surface area contributed by atoms with Gasteiger partial charge in [-0.25, -0.2) is 4.98 Å². The summed E-state index contributed by atoms with van der Waals surface area (Å²) in [6, 6.07) is 0. The van der Waals surface area contributed by atoms with Gasteiger partial charge in [-0.2, -0.15) is 4.98 Å². The zero-order chi connectivity index (χ0) is 14.0. The van der Waals surface area contributed by atoms with Crippen molar-refractivity contribution in [2.45, 2.75) is 25.6 Å². The molecule has 0 bridgehead atoms. The van der Waals surface area contributed by atoms with E-state index >= 15 is 0 Å². The van der Waals surface area contributed by atoms with Gasteiger partial charge in [0.05, 0.1) is 22.8 Å². The van der Waals surface area contributed by atoms with Crippen LogP contribution < -0.4 is 10.2 Å². The molecule has 2 heterocycles. The molecule has 0 spiro atoms. The first-order valence-corrected chi connectivity index (χ1v) is 6.98. The average Bonchev–Trinajstić information content (AvgIpc) is 2.37. The Bertz CT molecular complexity index is 455. The highest BCUT2D eigenvalue weighted by Crippen LogP contribution is 2.30. The lowest BCUT2D eigenvalue weighted by atomic mass is 10.1. The molecule has 0 aliphatic carbocycles. The number of ether oxygens (including phenoxy) is 1. The van der Waals surface area contributed by atoms with E-state index in [0.29, 0.717) is 19.0 Å². The fraction of sp³-hybridized carbons (Fsp3) is 0.667. The number of hydrogen-bond donors (Lipinski definition) is 2. The van der Waals surface area contributed by atoms with Crippen LogP contribution in [0.1, 0.15) is 13.8 Å². The lowest BCUT2D eigenvalue weighted by Crippen LogP contribution is -2.54. The number of morpholine rings is 1. The fourth-order valence-corrected chi connectivity index (χ4v) is 2.69. The third-order valence-electron chi connectivity index (χ3n) is 2.93.